The first-order chi connectivity index (χ1) is 14.0. The first kappa shape index (κ1) is 20.6. The summed E-state index contributed by atoms with van der Waals surface area (Å²) >= 11 is 0. The Bertz CT molecular complexity index is 1060. The predicted octanol–water partition coefficient (Wildman–Crippen LogP) is 1.62. The van der Waals surface area contributed by atoms with Gasteiger partial charge < -0.3 is 5.32 Å². The zero-order valence-electron chi connectivity index (χ0n) is 16.2. The quantitative estimate of drug-likeness (QED) is 0.600. The first-order valence-corrected chi connectivity index (χ1v) is 10.6. The van der Waals surface area contributed by atoms with Gasteiger partial charge in [-0.2, -0.15) is 4.31 Å². The minimum atomic E-state index is -3.55. The Hall–Kier alpha value is -3.11. The van der Waals surface area contributed by atoms with E-state index in [2.05, 4.69) is 20.6 Å². The van der Waals surface area contributed by atoms with Crippen molar-refractivity contribution in [1.29, 1.82) is 0 Å². The van der Waals surface area contributed by atoms with E-state index in [-0.39, 0.29) is 17.3 Å². The van der Waals surface area contributed by atoms with Crippen LogP contribution in [-0.4, -0.2) is 51.7 Å². The molecule has 152 valence electrons. The molecule has 0 radical (unpaired) electrons. The molecular formula is C19H22N6O3S. The Morgan fingerprint density at radius 3 is 2.48 bits per heavy atom. The van der Waals surface area contributed by atoms with Crippen LogP contribution in [0.4, 0.5) is 0 Å². The van der Waals surface area contributed by atoms with Crippen molar-refractivity contribution >= 4 is 15.9 Å². The highest BCUT2D eigenvalue weighted by atomic mass is 32.2. The molecule has 1 amide bonds. The van der Waals surface area contributed by atoms with Crippen LogP contribution in [0, 0.1) is 0 Å². The second kappa shape index (κ2) is 8.93. The molecule has 0 unspecified atom stereocenters. The summed E-state index contributed by atoms with van der Waals surface area (Å²) in [6, 6.07) is 9.53. The van der Waals surface area contributed by atoms with Crippen molar-refractivity contribution in [2.24, 2.45) is 0 Å². The maximum absolute atomic E-state index is 12.5. The number of hydrogen-bond acceptors (Lipinski definition) is 6. The molecule has 2 aromatic heterocycles. The summed E-state index contributed by atoms with van der Waals surface area (Å²) in [5, 5.41) is 10.8. The minimum Gasteiger partial charge on any atom is -0.346 e. The molecule has 9 nitrogen and oxygen atoms in total. The van der Waals surface area contributed by atoms with Crippen LogP contribution in [0.15, 0.2) is 59.9 Å². The zero-order chi connectivity index (χ0) is 20.9. The number of aromatic nitrogens is 4. The molecule has 0 aliphatic carbocycles. The fourth-order valence-electron chi connectivity index (χ4n) is 2.76. The van der Waals surface area contributed by atoms with Gasteiger partial charge in [-0.25, -0.2) is 13.1 Å². The number of nitrogens with one attached hydrogen (secondary N) is 1. The number of nitrogens with zero attached hydrogens (tertiary/aromatic N) is 5. The second-order valence-electron chi connectivity index (χ2n) is 6.16. The van der Waals surface area contributed by atoms with Crippen molar-refractivity contribution in [2.45, 2.75) is 25.3 Å². The van der Waals surface area contributed by atoms with Crippen molar-refractivity contribution < 1.29 is 13.2 Å². The molecule has 29 heavy (non-hydrogen) atoms. The van der Waals surface area contributed by atoms with Gasteiger partial charge in [-0.3, -0.25) is 9.78 Å². The van der Waals surface area contributed by atoms with E-state index in [4.69, 9.17) is 0 Å². The van der Waals surface area contributed by atoms with Crippen LogP contribution < -0.4 is 5.32 Å². The van der Waals surface area contributed by atoms with E-state index in [9.17, 15) is 13.2 Å². The van der Waals surface area contributed by atoms with E-state index in [0.29, 0.717) is 24.3 Å². The highest BCUT2D eigenvalue weighted by molar-refractivity contribution is 7.89. The summed E-state index contributed by atoms with van der Waals surface area (Å²) in [6.07, 6.45) is 5.03. The zero-order valence-corrected chi connectivity index (χ0v) is 17.0. The number of sulfonamides is 1. The fraction of sp³-hybridized carbons (Fsp3) is 0.263. The first-order valence-electron chi connectivity index (χ1n) is 9.15. The number of carbonyl (C=O) groups is 1. The van der Waals surface area contributed by atoms with Crippen LogP contribution in [0.5, 0.6) is 0 Å². The SMILES string of the molecule is CCN(CC)S(=O)(=O)c1ccc(C(=O)NCc2cn(-c3cccnc3)nn2)cc1. The van der Waals surface area contributed by atoms with Gasteiger partial charge in [-0.05, 0) is 36.4 Å². The van der Waals surface area contributed by atoms with Crippen LogP contribution in [-0.2, 0) is 16.6 Å². The highest BCUT2D eigenvalue weighted by Gasteiger charge is 2.21. The topological polar surface area (TPSA) is 110 Å². The average molecular weight is 414 g/mol. The molecule has 0 bridgehead atoms. The summed E-state index contributed by atoms with van der Waals surface area (Å²) in [7, 11) is -3.55. The lowest BCUT2D eigenvalue weighted by atomic mass is 10.2. The van der Waals surface area contributed by atoms with E-state index in [1.54, 1.807) is 43.2 Å². The standard InChI is InChI=1S/C19H22N6O3S/c1-3-24(4-2)29(27,28)18-9-7-15(8-10-18)19(26)21-12-16-14-25(23-22-16)17-6-5-11-20-13-17/h5-11,13-14H,3-4,12H2,1-2H3,(H,21,26). The Morgan fingerprint density at radius 1 is 1.14 bits per heavy atom. The van der Waals surface area contributed by atoms with Crippen molar-refractivity contribution in [3.8, 4) is 5.69 Å². The molecule has 0 saturated carbocycles. The number of hydrogen-bond donors (Lipinski definition) is 1. The van der Waals surface area contributed by atoms with Crippen molar-refractivity contribution in [2.75, 3.05) is 13.1 Å². The van der Waals surface area contributed by atoms with E-state index in [1.807, 2.05) is 6.07 Å². The molecule has 0 saturated heterocycles. The van der Waals surface area contributed by atoms with Crippen molar-refractivity contribution in [1.82, 2.24) is 29.6 Å². The van der Waals surface area contributed by atoms with Crippen LogP contribution in [0.3, 0.4) is 0 Å². The molecule has 1 N–H and O–H groups in total. The summed E-state index contributed by atoms with van der Waals surface area (Å²) < 4.78 is 28.0. The van der Waals surface area contributed by atoms with Crippen LogP contribution in [0.25, 0.3) is 5.69 Å². The van der Waals surface area contributed by atoms with Gasteiger partial charge in [0, 0.05) is 24.8 Å². The highest BCUT2D eigenvalue weighted by Crippen LogP contribution is 2.16. The molecule has 0 atom stereocenters. The van der Waals surface area contributed by atoms with Gasteiger partial charge in [0.1, 0.15) is 5.69 Å². The van der Waals surface area contributed by atoms with E-state index < -0.39 is 10.0 Å². The number of rotatable bonds is 8. The maximum Gasteiger partial charge on any atom is 0.251 e. The van der Waals surface area contributed by atoms with Gasteiger partial charge in [0.05, 0.1) is 29.5 Å². The number of carbonyl (C=O) groups excluding carboxylic acids is 1. The lowest BCUT2D eigenvalue weighted by Gasteiger charge is -2.18. The summed E-state index contributed by atoms with van der Waals surface area (Å²) in [6.45, 7) is 4.54. The van der Waals surface area contributed by atoms with Gasteiger partial charge in [0.15, 0.2) is 0 Å². The van der Waals surface area contributed by atoms with E-state index >= 15 is 0 Å². The number of pyridine rings is 1. The van der Waals surface area contributed by atoms with Gasteiger partial charge in [-0.1, -0.05) is 19.1 Å². The van der Waals surface area contributed by atoms with Crippen molar-refractivity contribution in [3.63, 3.8) is 0 Å². The largest absolute Gasteiger partial charge is 0.346 e. The molecule has 0 spiro atoms. The average Bonchev–Trinajstić information content (AvgIpc) is 3.22. The van der Waals surface area contributed by atoms with Gasteiger partial charge in [-0.15, -0.1) is 5.10 Å². The van der Waals surface area contributed by atoms with Crippen LogP contribution in [0.1, 0.15) is 29.9 Å². The number of benzene rings is 1. The lowest BCUT2D eigenvalue weighted by Crippen LogP contribution is -2.30. The molecule has 0 aliphatic rings. The monoisotopic (exact) mass is 414 g/mol. The third kappa shape index (κ3) is 4.66. The van der Waals surface area contributed by atoms with Crippen LogP contribution in [0.2, 0.25) is 0 Å². The molecule has 3 aromatic rings. The van der Waals surface area contributed by atoms with E-state index in [1.165, 1.54) is 28.6 Å². The van der Waals surface area contributed by atoms with Crippen molar-refractivity contribution in [3.05, 3.63) is 66.2 Å². The minimum absolute atomic E-state index is 0.164. The summed E-state index contributed by atoms with van der Waals surface area (Å²) in [4.78, 5) is 16.6. The second-order valence-corrected chi connectivity index (χ2v) is 8.10. The third-order valence-corrected chi connectivity index (χ3v) is 6.41. The smallest absolute Gasteiger partial charge is 0.251 e. The maximum atomic E-state index is 12.5. The Balaban J connectivity index is 1.64. The third-order valence-electron chi connectivity index (χ3n) is 4.34. The molecule has 2 heterocycles. The fourth-order valence-corrected chi connectivity index (χ4v) is 4.22. The van der Waals surface area contributed by atoms with Gasteiger partial charge >= 0.3 is 0 Å². The molecule has 1 aromatic carbocycles. The normalized spacial score (nSPS) is 11.6. The molecule has 0 aliphatic heterocycles. The Morgan fingerprint density at radius 2 is 1.86 bits per heavy atom. The summed E-state index contributed by atoms with van der Waals surface area (Å²) in [5.41, 5.74) is 1.72. The molecular weight excluding hydrogens is 392 g/mol. The van der Waals surface area contributed by atoms with Crippen LogP contribution >= 0.6 is 0 Å². The number of amides is 1. The molecule has 3 rings (SSSR count). The van der Waals surface area contributed by atoms with Gasteiger partial charge in [0.2, 0.25) is 10.0 Å². The Labute approximate surface area is 169 Å². The molecule has 0 fully saturated rings. The predicted molar refractivity (Wildman–Crippen MR) is 107 cm³/mol. The van der Waals surface area contributed by atoms with Gasteiger partial charge in [0.25, 0.3) is 5.91 Å². The lowest BCUT2D eigenvalue weighted by molar-refractivity contribution is 0.0950. The molecule has 10 heteroatoms. The summed E-state index contributed by atoms with van der Waals surface area (Å²) in [5.74, 6) is -0.326. The Kier molecular flexibility index (Phi) is 6.35. The van der Waals surface area contributed by atoms with E-state index in [0.717, 1.165) is 5.69 Å².